The highest BCUT2D eigenvalue weighted by Gasteiger charge is 2.57. The molecule has 1 aromatic rings. The molecule has 0 radical (unpaired) electrons. The minimum Gasteiger partial charge on any atom is -0.446 e. The minimum absolute atomic E-state index is 0.0316. The Morgan fingerprint density at radius 3 is 2.35 bits per heavy atom. The summed E-state index contributed by atoms with van der Waals surface area (Å²) in [6.45, 7) is 4.03. The number of hydrogen-bond acceptors (Lipinski definition) is 5. The van der Waals surface area contributed by atoms with Gasteiger partial charge in [-0.05, 0) is 69.1 Å². The molecule has 2 saturated heterocycles. The van der Waals surface area contributed by atoms with E-state index in [4.69, 9.17) is 27.9 Å². The van der Waals surface area contributed by atoms with Crippen LogP contribution in [-0.2, 0) is 14.3 Å². The number of carbonyl (C=O) groups excluding carboxylic acids is 3. The highest BCUT2D eigenvalue weighted by Crippen LogP contribution is 2.47. The van der Waals surface area contributed by atoms with Crippen LogP contribution >= 0.6 is 23.2 Å². The van der Waals surface area contributed by atoms with Gasteiger partial charge in [0, 0.05) is 50.5 Å². The molecular formula is C28H37Cl2N3O4. The van der Waals surface area contributed by atoms with Gasteiger partial charge in [0.2, 0.25) is 5.91 Å². The molecule has 5 rings (SSSR count). The van der Waals surface area contributed by atoms with Gasteiger partial charge in [-0.3, -0.25) is 14.5 Å². The molecule has 37 heavy (non-hydrogen) atoms. The molecule has 2 atom stereocenters. The number of piperidine rings is 1. The second-order valence-corrected chi connectivity index (χ2v) is 12.4. The lowest BCUT2D eigenvalue weighted by molar-refractivity contribution is -0.142. The lowest BCUT2D eigenvalue weighted by Crippen LogP contribution is -2.62. The van der Waals surface area contributed by atoms with Crippen molar-refractivity contribution in [3.63, 3.8) is 0 Å². The van der Waals surface area contributed by atoms with Crippen molar-refractivity contribution in [1.29, 1.82) is 0 Å². The molecular weight excluding hydrogens is 513 g/mol. The molecule has 4 fully saturated rings. The van der Waals surface area contributed by atoms with Gasteiger partial charge >= 0.3 is 6.09 Å². The second-order valence-electron chi connectivity index (χ2n) is 11.6. The maximum Gasteiger partial charge on any atom is 0.410 e. The Bertz CT molecular complexity index is 1060. The van der Waals surface area contributed by atoms with Gasteiger partial charge in [0.05, 0.1) is 10.0 Å². The quantitative estimate of drug-likeness (QED) is 0.537. The van der Waals surface area contributed by atoms with Gasteiger partial charge in [-0.1, -0.05) is 36.2 Å². The van der Waals surface area contributed by atoms with Crippen LogP contribution in [0.5, 0.6) is 0 Å². The van der Waals surface area contributed by atoms with Gasteiger partial charge in [0.15, 0.2) is 5.78 Å². The van der Waals surface area contributed by atoms with Gasteiger partial charge in [-0.2, -0.15) is 0 Å². The minimum atomic E-state index is -1.12. The van der Waals surface area contributed by atoms with E-state index in [1.54, 1.807) is 24.1 Å². The summed E-state index contributed by atoms with van der Waals surface area (Å²) in [5.74, 6) is -0.311. The van der Waals surface area contributed by atoms with Crippen molar-refractivity contribution >= 4 is 41.0 Å². The van der Waals surface area contributed by atoms with Crippen LogP contribution in [0.1, 0.15) is 69.8 Å². The molecule has 0 bridgehead atoms. The van der Waals surface area contributed by atoms with Crippen LogP contribution in [-0.4, -0.2) is 72.5 Å². The topological polar surface area (TPSA) is 79.0 Å². The Morgan fingerprint density at radius 1 is 1.05 bits per heavy atom. The number of nitrogens with zero attached hydrogens (tertiary/aromatic N) is 2. The Morgan fingerprint density at radius 2 is 1.73 bits per heavy atom. The number of ketones is 1. The lowest BCUT2D eigenvalue weighted by Gasteiger charge is -2.44. The number of Topliss-reactive ketones (excluding diaryl/α,β-unsaturated/α-hetero) is 1. The van der Waals surface area contributed by atoms with Crippen LogP contribution < -0.4 is 5.32 Å². The van der Waals surface area contributed by atoms with E-state index in [1.807, 2.05) is 17.9 Å². The molecule has 9 heteroatoms. The van der Waals surface area contributed by atoms with Crippen LogP contribution in [0.3, 0.4) is 0 Å². The summed E-state index contributed by atoms with van der Waals surface area (Å²) in [5, 5.41) is 4.26. The van der Waals surface area contributed by atoms with E-state index < -0.39 is 11.6 Å². The molecule has 7 nitrogen and oxygen atoms in total. The molecule has 202 valence electrons. The van der Waals surface area contributed by atoms with E-state index in [2.05, 4.69) is 5.32 Å². The highest BCUT2D eigenvalue weighted by molar-refractivity contribution is 6.42. The fourth-order valence-electron chi connectivity index (χ4n) is 6.47. The molecule has 4 aliphatic rings. The molecule has 0 spiro atoms. The van der Waals surface area contributed by atoms with Gasteiger partial charge in [-0.15, -0.1) is 0 Å². The molecule has 2 saturated carbocycles. The summed E-state index contributed by atoms with van der Waals surface area (Å²) in [7, 11) is 1.69. The average Bonchev–Trinajstić information content (AvgIpc) is 3.26. The second kappa shape index (κ2) is 10.4. The predicted octanol–water partition coefficient (Wildman–Crippen LogP) is 5.04. The zero-order valence-electron chi connectivity index (χ0n) is 21.7. The predicted molar refractivity (Wildman–Crippen MR) is 143 cm³/mol. The zero-order chi connectivity index (χ0) is 26.4. The molecule has 2 aliphatic heterocycles. The van der Waals surface area contributed by atoms with Crippen molar-refractivity contribution < 1.29 is 19.1 Å². The van der Waals surface area contributed by atoms with Crippen molar-refractivity contribution in [2.24, 2.45) is 11.3 Å². The summed E-state index contributed by atoms with van der Waals surface area (Å²) >= 11 is 12.6. The Kier molecular flexibility index (Phi) is 7.51. The van der Waals surface area contributed by atoms with Crippen molar-refractivity contribution in [2.75, 3.05) is 33.2 Å². The maximum absolute atomic E-state index is 14.5. The van der Waals surface area contributed by atoms with Crippen LogP contribution in [0.2, 0.25) is 10.0 Å². The number of nitrogens with one attached hydrogen (secondary N) is 1. The first kappa shape index (κ1) is 26.8. The van der Waals surface area contributed by atoms with Crippen molar-refractivity contribution in [3.8, 4) is 0 Å². The first-order chi connectivity index (χ1) is 17.7. The number of rotatable bonds is 6. The van der Waals surface area contributed by atoms with Crippen LogP contribution in [0.25, 0.3) is 0 Å². The van der Waals surface area contributed by atoms with Crippen LogP contribution in [0, 0.1) is 11.3 Å². The number of benzene rings is 1. The molecule has 2 amide bonds. The molecule has 2 aliphatic carbocycles. The SMILES string of the molecule is CN(C(=O)OC1CCCC1)[C@@]1(C(=O)C2CCN(C(=O)C3(C)CC3)CC2)CNC[C@@H]1c1ccc(Cl)c(Cl)c1. The zero-order valence-corrected chi connectivity index (χ0v) is 23.2. The molecule has 0 unspecified atom stereocenters. The monoisotopic (exact) mass is 549 g/mol. The fraction of sp³-hybridized carbons (Fsp3) is 0.679. The largest absolute Gasteiger partial charge is 0.446 e. The van der Waals surface area contributed by atoms with Gasteiger partial charge in [0.1, 0.15) is 11.6 Å². The number of halogens is 2. The van der Waals surface area contributed by atoms with Crippen molar-refractivity contribution in [1.82, 2.24) is 15.1 Å². The summed E-state index contributed by atoms with van der Waals surface area (Å²) in [4.78, 5) is 44.3. The van der Waals surface area contributed by atoms with Crippen molar-refractivity contribution in [3.05, 3.63) is 33.8 Å². The third-order valence-electron chi connectivity index (χ3n) is 9.20. The third kappa shape index (κ3) is 4.99. The number of hydrogen-bond donors (Lipinski definition) is 1. The first-order valence-electron chi connectivity index (χ1n) is 13.6. The lowest BCUT2D eigenvalue weighted by atomic mass is 9.72. The third-order valence-corrected chi connectivity index (χ3v) is 9.94. The van der Waals surface area contributed by atoms with Gasteiger partial charge < -0.3 is 15.0 Å². The van der Waals surface area contributed by atoms with E-state index in [-0.39, 0.29) is 35.0 Å². The number of carbonyl (C=O) groups is 3. The summed E-state index contributed by atoms with van der Waals surface area (Å²) < 4.78 is 5.87. The molecule has 0 aromatic heterocycles. The standard InChI is InChI=1S/C28H37Cl2N3O4/c1-27(11-12-27)25(35)33-13-9-18(10-14-33)24(34)28(32(2)26(36)37-20-5-3-4-6-20)17-31-16-21(28)19-7-8-22(29)23(30)15-19/h7-8,15,18,20-21,31H,3-6,9-14,16-17H2,1-2H3/t21-,28+/m1/s1. The summed E-state index contributed by atoms with van der Waals surface area (Å²) in [6.07, 6.45) is 6.36. The molecule has 1 aromatic carbocycles. The van der Waals surface area contributed by atoms with Gasteiger partial charge in [-0.25, -0.2) is 4.79 Å². The number of likely N-dealkylation sites (N-methyl/N-ethyl adjacent to an activating group) is 1. The van der Waals surface area contributed by atoms with Crippen molar-refractivity contribution in [2.45, 2.75) is 75.9 Å². The summed E-state index contributed by atoms with van der Waals surface area (Å²) in [5.41, 5.74) is -0.467. The number of likely N-dealkylation sites (tertiary alicyclic amines) is 1. The van der Waals surface area contributed by atoms with E-state index in [0.717, 1.165) is 44.1 Å². The molecule has 2 heterocycles. The Labute approximate surface area is 229 Å². The number of amides is 2. The van der Waals surface area contributed by atoms with E-state index in [1.165, 1.54) is 0 Å². The average molecular weight is 551 g/mol. The van der Waals surface area contributed by atoms with Gasteiger partial charge in [0.25, 0.3) is 0 Å². The van der Waals surface area contributed by atoms with Crippen LogP contribution in [0.15, 0.2) is 18.2 Å². The maximum atomic E-state index is 14.5. The fourth-order valence-corrected chi connectivity index (χ4v) is 6.78. The van der Waals surface area contributed by atoms with E-state index >= 15 is 0 Å². The Balaban J connectivity index is 1.41. The first-order valence-corrected chi connectivity index (χ1v) is 14.3. The Hall–Kier alpha value is -1.83. The van der Waals surface area contributed by atoms with Crippen LogP contribution in [0.4, 0.5) is 4.79 Å². The number of ether oxygens (including phenoxy) is 1. The molecule has 1 N–H and O–H groups in total. The van der Waals surface area contributed by atoms with E-state index in [9.17, 15) is 14.4 Å². The normalized spacial score (nSPS) is 27.8. The summed E-state index contributed by atoms with van der Waals surface area (Å²) in [6, 6.07) is 5.44. The highest BCUT2D eigenvalue weighted by atomic mass is 35.5. The van der Waals surface area contributed by atoms with E-state index in [0.29, 0.717) is 49.1 Å². The smallest absolute Gasteiger partial charge is 0.410 e.